The zero-order valence-corrected chi connectivity index (χ0v) is 15.1. The minimum Gasteiger partial charge on any atom is -0.379 e. The second-order valence-corrected chi connectivity index (χ2v) is 3.94. The van der Waals surface area contributed by atoms with E-state index in [2.05, 4.69) is 24.8 Å². The van der Waals surface area contributed by atoms with E-state index in [1.165, 1.54) is 5.56 Å². The van der Waals surface area contributed by atoms with Gasteiger partial charge < -0.3 is 9.64 Å². The lowest BCUT2D eigenvalue weighted by molar-refractivity contribution is 0.0503. The minimum atomic E-state index is 0.737. The minimum absolute atomic E-state index is 0.737. The summed E-state index contributed by atoms with van der Waals surface area (Å²) in [5, 5.41) is 0. The predicted molar refractivity (Wildman–Crippen MR) is 97.5 cm³/mol. The van der Waals surface area contributed by atoms with E-state index in [0.717, 1.165) is 38.2 Å². The van der Waals surface area contributed by atoms with Crippen LogP contribution < -0.4 is 0 Å². The van der Waals surface area contributed by atoms with Gasteiger partial charge in [0.25, 0.3) is 0 Å². The predicted octanol–water partition coefficient (Wildman–Crippen LogP) is 4.06. The third kappa shape index (κ3) is 16.4. The van der Waals surface area contributed by atoms with Gasteiger partial charge in [-0.1, -0.05) is 57.5 Å². The van der Waals surface area contributed by atoms with E-state index in [0.29, 0.717) is 0 Å². The molecule has 3 nitrogen and oxygen atoms in total. The third-order valence-electron chi connectivity index (χ3n) is 2.45. The van der Waals surface area contributed by atoms with Crippen LogP contribution in [-0.4, -0.2) is 44.5 Å². The number of likely N-dealkylation sites (N-methyl/N-ethyl adjacent to an activating group) is 1. The Morgan fingerprint density at radius 1 is 1.00 bits per heavy atom. The lowest BCUT2D eigenvalue weighted by Gasteiger charge is -2.21. The molecule has 0 aromatic heterocycles. The molecule has 1 saturated heterocycles. The highest BCUT2D eigenvalue weighted by Crippen LogP contribution is 1.98. The Hall–Kier alpha value is -1.63. The largest absolute Gasteiger partial charge is 0.379 e. The standard InChI is InChI=1S/C8H8O.C5H11NO.2C2H6.C2H2/c1-7-2-4-8(6-9)5-3-7;1-6-2-4-7-5-3-6;3*1-2/h2-6H,1H3;2-5H2,1H3;2*1-2H3;1-2H. The maximum absolute atomic E-state index is 10.1. The Bertz CT molecular complexity index is 338. The van der Waals surface area contributed by atoms with Crippen molar-refractivity contribution in [3.05, 3.63) is 35.4 Å². The van der Waals surface area contributed by atoms with Gasteiger partial charge in [-0.3, -0.25) is 4.79 Å². The molecule has 126 valence electrons. The van der Waals surface area contributed by atoms with E-state index in [9.17, 15) is 4.79 Å². The van der Waals surface area contributed by atoms with Crippen LogP contribution in [0, 0.1) is 19.8 Å². The summed E-state index contributed by atoms with van der Waals surface area (Å²) in [6, 6.07) is 7.46. The molecule has 2 rings (SSSR count). The van der Waals surface area contributed by atoms with E-state index in [-0.39, 0.29) is 0 Å². The fourth-order valence-electron chi connectivity index (χ4n) is 1.30. The van der Waals surface area contributed by atoms with Gasteiger partial charge in [0.05, 0.1) is 13.2 Å². The smallest absolute Gasteiger partial charge is 0.150 e. The van der Waals surface area contributed by atoms with Gasteiger partial charge in [0, 0.05) is 18.7 Å². The summed E-state index contributed by atoms with van der Waals surface area (Å²) in [4.78, 5) is 12.4. The second-order valence-electron chi connectivity index (χ2n) is 3.94. The van der Waals surface area contributed by atoms with E-state index < -0.39 is 0 Å². The van der Waals surface area contributed by atoms with E-state index in [1.54, 1.807) is 0 Å². The van der Waals surface area contributed by atoms with Gasteiger partial charge in [0.15, 0.2) is 0 Å². The summed E-state index contributed by atoms with van der Waals surface area (Å²) in [5.74, 6) is 0. The average molecular weight is 307 g/mol. The number of nitrogens with zero attached hydrogens (tertiary/aromatic N) is 1. The molecular weight excluding hydrogens is 274 g/mol. The Labute approximate surface area is 137 Å². The maximum Gasteiger partial charge on any atom is 0.150 e. The van der Waals surface area contributed by atoms with Crippen molar-refractivity contribution in [1.29, 1.82) is 0 Å². The molecular formula is C19H33NO2. The van der Waals surface area contributed by atoms with Crippen molar-refractivity contribution in [1.82, 2.24) is 4.90 Å². The molecule has 0 atom stereocenters. The molecule has 0 amide bonds. The summed E-state index contributed by atoms with van der Waals surface area (Å²) < 4.78 is 5.10. The lowest BCUT2D eigenvalue weighted by atomic mass is 10.2. The number of benzene rings is 1. The van der Waals surface area contributed by atoms with Crippen molar-refractivity contribution in [3.8, 4) is 12.8 Å². The van der Waals surface area contributed by atoms with Crippen LogP contribution in [0.1, 0.15) is 43.6 Å². The Balaban J connectivity index is -0.000000249. The number of carbonyl (C=O) groups is 1. The van der Waals surface area contributed by atoms with E-state index in [1.807, 2.05) is 58.9 Å². The van der Waals surface area contributed by atoms with Crippen molar-refractivity contribution in [2.75, 3.05) is 33.4 Å². The molecule has 0 unspecified atom stereocenters. The number of carbonyl (C=O) groups excluding carboxylic acids is 1. The normalized spacial score (nSPS) is 12.4. The Kier molecular flexibility index (Phi) is 24.9. The highest BCUT2D eigenvalue weighted by molar-refractivity contribution is 5.74. The molecule has 1 aliphatic rings. The number of ether oxygens (including phenoxy) is 1. The van der Waals surface area contributed by atoms with Crippen molar-refractivity contribution < 1.29 is 9.53 Å². The first kappa shape index (κ1) is 25.3. The monoisotopic (exact) mass is 307 g/mol. The van der Waals surface area contributed by atoms with Crippen LogP contribution in [0.3, 0.4) is 0 Å². The topological polar surface area (TPSA) is 29.5 Å². The zero-order valence-electron chi connectivity index (χ0n) is 15.1. The molecule has 1 heterocycles. The third-order valence-corrected chi connectivity index (χ3v) is 2.45. The van der Waals surface area contributed by atoms with Crippen molar-refractivity contribution >= 4 is 6.29 Å². The molecule has 0 N–H and O–H groups in total. The summed E-state index contributed by atoms with van der Waals surface area (Å²) in [6.45, 7) is 14.0. The zero-order chi connectivity index (χ0) is 17.8. The molecule has 0 saturated carbocycles. The van der Waals surface area contributed by atoms with Gasteiger partial charge in [-0.2, -0.15) is 0 Å². The number of aldehydes is 1. The van der Waals surface area contributed by atoms with Crippen LogP contribution in [0.15, 0.2) is 24.3 Å². The second kappa shape index (κ2) is 21.7. The molecule has 0 aliphatic carbocycles. The SMILES string of the molecule is C#C.CC.CC.CN1CCOCC1.Cc1ccc(C=O)cc1. The number of morpholine rings is 1. The first-order valence-electron chi connectivity index (χ1n) is 7.84. The van der Waals surface area contributed by atoms with Gasteiger partial charge in [-0.05, 0) is 14.0 Å². The van der Waals surface area contributed by atoms with Crippen LogP contribution in [0.5, 0.6) is 0 Å². The summed E-state index contributed by atoms with van der Waals surface area (Å²) in [5.41, 5.74) is 1.92. The van der Waals surface area contributed by atoms with Gasteiger partial charge in [-0.15, -0.1) is 12.8 Å². The maximum atomic E-state index is 10.1. The fourth-order valence-corrected chi connectivity index (χ4v) is 1.30. The van der Waals surface area contributed by atoms with Crippen LogP contribution in [-0.2, 0) is 4.74 Å². The molecule has 0 radical (unpaired) electrons. The van der Waals surface area contributed by atoms with Gasteiger partial charge in [0.2, 0.25) is 0 Å². The average Bonchev–Trinajstić information content (AvgIpc) is 2.62. The molecule has 22 heavy (non-hydrogen) atoms. The van der Waals surface area contributed by atoms with Gasteiger partial charge in [-0.25, -0.2) is 0 Å². The van der Waals surface area contributed by atoms with E-state index in [4.69, 9.17) is 4.74 Å². The molecule has 1 aromatic rings. The quantitative estimate of drug-likeness (QED) is 0.579. The van der Waals surface area contributed by atoms with Gasteiger partial charge in [0.1, 0.15) is 6.29 Å². The number of hydrogen-bond acceptors (Lipinski definition) is 3. The number of hydrogen-bond donors (Lipinski definition) is 0. The summed E-state index contributed by atoms with van der Waals surface area (Å²) in [6.07, 6.45) is 8.85. The number of rotatable bonds is 1. The molecule has 1 fully saturated rings. The van der Waals surface area contributed by atoms with Crippen LogP contribution in [0.2, 0.25) is 0 Å². The van der Waals surface area contributed by atoms with Crippen LogP contribution >= 0.6 is 0 Å². The molecule has 3 heteroatoms. The summed E-state index contributed by atoms with van der Waals surface area (Å²) in [7, 11) is 2.11. The summed E-state index contributed by atoms with van der Waals surface area (Å²) >= 11 is 0. The molecule has 0 bridgehead atoms. The van der Waals surface area contributed by atoms with E-state index >= 15 is 0 Å². The first-order chi connectivity index (χ1) is 10.7. The number of terminal acetylenes is 1. The van der Waals surface area contributed by atoms with Crippen LogP contribution in [0.4, 0.5) is 0 Å². The molecule has 1 aromatic carbocycles. The van der Waals surface area contributed by atoms with Crippen LogP contribution in [0.25, 0.3) is 0 Å². The van der Waals surface area contributed by atoms with Crippen molar-refractivity contribution in [2.24, 2.45) is 0 Å². The fraction of sp³-hybridized carbons (Fsp3) is 0.526. The van der Waals surface area contributed by atoms with Crippen molar-refractivity contribution in [2.45, 2.75) is 34.6 Å². The molecule has 0 spiro atoms. The van der Waals surface area contributed by atoms with Crippen molar-refractivity contribution in [3.63, 3.8) is 0 Å². The lowest BCUT2D eigenvalue weighted by Crippen LogP contribution is -2.32. The number of aryl methyl sites for hydroxylation is 1. The first-order valence-corrected chi connectivity index (χ1v) is 7.84. The Morgan fingerprint density at radius 2 is 1.41 bits per heavy atom. The van der Waals surface area contributed by atoms with Gasteiger partial charge >= 0.3 is 0 Å². The molecule has 1 aliphatic heterocycles. The Morgan fingerprint density at radius 3 is 1.68 bits per heavy atom. The highest BCUT2D eigenvalue weighted by Gasteiger charge is 2.02. The highest BCUT2D eigenvalue weighted by atomic mass is 16.5.